The summed E-state index contributed by atoms with van der Waals surface area (Å²) in [6, 6.07) is 16.1. The molecule has 0 spiro atoms. The molecule has 0 saturated heterocycles. The lowest BCUT2D eigenvalue weighted by molar-refractivity contribution is 0.415. The molecule has 0 fully saturated rings. The summed E-state index contributed by atoms with van der Waals surface area (Å²) < 4.78 is 5.14. The van der Waals surface area contributed by atoms with Crippen LogP contribution in [-0.4, -0.2) is 7.11 Å². The Morgan fingerprint density at radius 1 is 1.15 bits per heavy atom. The number of ether oxygens (including phenoxy) is 1. The van der Waals surface area contributed by atoms with Crippen molar-refractivity contribution < 1.29 is 4.74 Å². The minimum Gasteiger partial charge on any atom is -0.497 e. The van der Waals surface area contributed by atoms with Gasteiger partial charge in [-0.2, -0.15) is 0 Å². The van der Waals surface area contributed by atoms with Crippen LogP contribution in [0, 0.1) is 0 Å². The van der Waals surface area contributed by atoms with Crippen molar-refractivity contribution >= 4 is 23.4 Å². The smallest absolute Gasteiger partial charge is 0.119 e. The van der Waals surface area contributed by atoms with Crippen LogP contribution in [0.5, 0.6) is 5.75 Å². The summed E-state index contributed by atoms with van der Waals surface area (Å²) in [6.07, 6.45) is 1.98. The number of anilines is 1. The highest BCUT2D eigenvalue weighted by molar-refractivity contribution is 6.31. The largest absolute Gasteiger partial charge is 0.497 e. The summed E-state index contributed by atoms with van der Waals surface area (Å²) in [5.41, 5.74) is 3.41. The molecule has 20 heavy (non-hydrogen) atoms. The Balaban J connectivity index is 2.08. The lowest BCUT2D eigenvalue weighted by Crippen LogP contribution is -2.01. The van der Waals surface area contributed by atoms with E-state index < -0.39 is 0 Å². The van der Waals surface area contributed by atoms with Crippen molar-refractivity contribution in [1.82, 2.24) is 0 Å². The maximum absolute atomic E-state index is 5.96. The van der Waals surface area contributed by atoms with Gasteiger partial charge in [0, 0.05) is 17.3 Å². The number of hydrogen-bond acceptors (Lipinski definition) is 2. The first-order valence-corrected chi connectivity index (χ1v) is 6.86. The first-order valence-electron chi connectivity index (χ1n) is 6.48. The van der Waals surface area contributed by atoms with Gasteiger partial charge < -0.3 is 10.1 Å². The molecule has 0 heterocycles. The average Bonchev–Trinajstić information content (AvgIpc) is 2.46. The fourth-order valence-electron chi connectivity index (χ4n) is 1.96. The predicted molar refractivity (Wildman–Crippen MR) is 86.3 cm³/mol. The molecule has 0 aliphatic carbocycles. The highest BCUT2D eigenvalue weighted by Gasteiger charge is 2.00. The molecule has 2 aromatic carbocycles. The molecule has 1 N–H and O–H groups in total. The molecule has 0 aromatic heterocycles. The second kappa shape index (κ2) is 7.01. The highest BCUT2D eigenvalue weighted by Crippen LogP contribution is 2.18. The molecule has 3 heteroatoms. The van der Waals surface area contributed by atoms with Gasteiger partial charge in [0.1, 0.15) is 5.75 Å². The van der Waals surface area contributed by atoms with E-state index >= 15 is 0 Å². The van der Waals surface area contributed by atoms with Gasteiger partial charge in [-0.3, -0.25) is 0 Å². The molecular formula is C17H18ClNO. The standard InChI is InChI=1S/C17H18ClNO/c1-13(18)11-14-5-3-4-6-15(14)12-19-16-7-9-17(20-2)10-8-16/h3-11,19H,12H2,1-2H3/b13-11-. The molecule has 0 amide bonds. The Morgan fingerprint density at radius 2 is 1.85 bits per heavy atom. The van der Waals surface area contributed by atoms with Crippen LogP contribution in [0.15, 0.2) is 53.6 Å². The molecule has 2 nitrogen and oxygen atoms in total. The normalized spacial score (nSPS) is 11.2. The van der Waals surface area contributed by atoms with Crippen LogP contribution in [0.4, 0.5) is 5.69 Å². The first kappa shape index (κ1) is 14.5. The fourth-order valence-corrected chi connectivity index (χ4v) is 2.07. The minimum atomic E-state index is 0.753. The van der Waals surface area contributed by atoms with Crippen molar-refractivity contribution in [3.05, 3.63) is 64.7 Å². The number of hydrogen-bond donors (Lipinski definition) is 1. The third-order valence-electron chi connectivity index (χ3n) is 2.98. The van der Waals surface area contributed by atoms with Crippen LogP contribution < -0.4 is 10.1 Å². The number of benzene rings is 2. The van der Waals surface area contributed by atoms with E-state index in [2.05, 4.69) is 17.4 Å². The van der Waals surface area contributed by atoms with Crippen molar-refractivity contribution in [3.8, 4) is 5.75 Å². The van der Waals surface area contributed by atoms with Crippen LogP contribution in [0.3, 0.4) is 0 Å². The Kier molecular flexibility index (Phi) is 5.08. The molecule has 0 bridgehead atoms. The number of halogens is 1. The first-order chi connectivity index (χ1) is 9.69. The Hall–Kier alpha value is -1.93. The zero-order valence-electron chi connectivity index (χ0n) is 11.7. The van der Waals surface area contributed by atoms with Crippen LogP contribution in [0.2, 0.25) is 0 Å². The van der Waals surface area contributed by atoms with Crippen LogP contribution in [0.25, 0.3) is 6.08 Å². The molecule has 0 aliphatic rings. The molecule has 0 radical (unpaired) electrons. The maximum atomic E-state index is 5.96. The number of rotatable bonds is 5. The lowest BCUT2D eigenvalue weighted by Gasteiger charge is -2.10. The molecule has 104 valence electrons. The predicted octanol–water partition coefficient (Wildman–Crippen LogP) is 4.91. The Bertz CT molecular complexity index is 586. The number of methoxy groups -OCH3 is 1. The molecule has 0 aliphatic heterocycles. The van der Waals surface area contributed by atoms with Gasteiger partial charge in [0.15, 0.2) is 0 Å². The van der Waals surface area contributed by atoms with Crippen molar-refractivity contribution in [1.29, 1.82) is 0 Å². The van der Waals surface area contributed by atoms with Crippen molar-refractivity contribution in [3.63, 3.8) is 0 Å². The van der Waals surface area contributed by atoms with Gasteiger partial charge in [-0.1, -0.05) is 35.9 Å². The van der Waals surface area contributed by atoms with Gasteiger partial charge in [0.05, 0.1) is 7.11 Å². The molecule has 2 rings (SSSR count). The maximum Gasteiger partial charge on any atom is 0.119 e. The minimum absolute atomic E-state index is 0.753. The monoisotopic (exact) mass is 287 g/mol. The third-order valence-corrected chi connectivity index (χ3v) is 3.09. The highest BCUT2D eigenvalue weighted by atomic mass is 35.5. The van der Waals surface area contributed by atoms with Gasteiger partial charge in [0.2, 0.25) is 0 Å². The summed E-state index contributed by atoms with van der Waals surface area (Å²) in [5, 5.41) is 4.18. The van der Waals surface area contributed by atoms with Crippen LogP contribution in [-0.2, 0) is 6.54 Å². The molecule has 0 saturated carbocycles. The van der Waals surface area contributed by atoms with E-state index in [0.717, 1.165) is 28.6 Å². The van der Waals surface area contributed by atoms with E-state index in [9.17, 15) is 0 Å². The molecular weight excluding hydrogens is 270 g/mol. The molecule has 2 aromatic rings. The van der Waals surface area contributed by atoms with Gasteiger partial charge in [-0.05, 0) is 48.4 Å². The second-order valence-electron chi connectivity index (χ2n) is 4.51. The van der Waals surface area contributed by atoms with Crippen molar-refractivity contribution in [2.24, 2.45) is 0 Å². The SMILES string of the molecule is COc1ccc(NCc2ccccc2/C=C(/C)Cl)cc1. The molecule has 0 atom stereocenters. The number of allylic oxidation sites excluding steroid dienone is 1. The fraction of sp³-hybridized carbons (Fsp3) is 0.176. The number of nitrogens with one attached hydrogen (secondary N) is 1. The summed E-state index contributed by atoms with van der Waals surface area (Å²) in [4.78, 5) is 0. The van der Waals surface area contributed by atoms with Crippen LogP contribution >= 0.6 is 11.6 Å². The summed E-state index contributed by atoms with van der Waals surface area (Å²) in [7, 11) is 1.67. The second-order valence-corrected chi connectivity index (χ2v) is 5.11. The zero-order valence-corrected chi connectivity index (χ0v) is 12.4. The zero-order chi connectivity index (χ0) is 14.4. The summed E-state index contributed by atoms with van der Waals surface area (Å²) in [6.45, 7) is 2.64. The van der Waals surface area contributed by atoms with E-state index in [-0.39, 0.29) is 0 Å². The van der Waals surface area contributed by atoms with E-state index in [0.29, 0.717) is 0 Å². The quantitative estimate of drug-likeness (QED) is 0.844. The van der Waals surface area contributed by atoms with Crippen LogP contribution in [0.1, 0.15) is 18.1 Å². The third kappa shape index (κ3) is 4.04. The molecule has 0 unspecified atom stereocenters. The topological polar surface area (TPSA) is 21.3 Å². The van der Waals surface area contributed by atoms with Gasteiger partial charge in [0.25, 0.3) is 0 Å². The van der Waals surface area contributed by atoms with E-state index in [1.165, 1.54) is 5.56 Å². The van der Waals surface area contributed by atoms with E-state index in [4.69, 9.17) is 16.3 Å². The van der Waals surface area contributed by atoms with E-state index in [1.54, 1.807) is 7.11 Å². The average molecular weight is 288 g/mol. The van der Waals surface area contributed by atoms with Crippen molar-refractivity contribution in [2.45, 2.75) is 13.5 Å². The van der Waals surface area contributed by atoms with Gasteiger partial charge in [-0.15, -0.1) is 0 Å². The summed E-state index contributed by atoms with van der Waals surface area (Å²) >= 11 is 5.96. The van der Waals surface area contributed by atoms with Crippen molar-refractivity contribution in [2.75, 3.05) is 12.4 Å². The lowest BCUT2D eigenvalue weighted by atomic mass is 10.1. The van der Waals surface area contributed by atoms with Gasteiger partial charge >= 0.3 is 0 Å². The Labute approximate surface area is 125 Å². The van der Waals surface area contributed by atoms with Gasteiger partial charge in [-0.25, -0.2) is 0 Å². The van der Waals surface area contributed by atoms with E-state index in [1.807, 2.05) is 49.4 Å². The Morgan fingerprint density at radius 3 is 2.50 bits per heavy atom. The summed E-state index contributed by atoms with van der Waals surface area (Å²) in [5.74, 6) is 0.858.